The molecule has 0 aromatic rings. The number of halogens is 1. The number of esters is 1. The minimum Gasteiger partial charge on any atom is -0.425 e. The van der Waals surface area contributed by atoms with Crippen LogP contribution in [0.5, 0.6) is 0 Å². The molecule has 0 heterocycles. The van der Waals surface area contributed by atoms with Crippen molar-refractivity contribution in [2.75, 3.05) is 13.3 Å². The number of carbonyl (C=O) groups excluding carboxylic acids is 2. The lowest BCUT2D eigenvalue weighted by molar-refractivity contribution is -0.165. The molecule has 118 valence electrons. The van der Waals surface area contributed by atoms with Crippen molar-refractivity contribution >= 4 is 20.1 Å². The Hall–Kier alpha value is -1.14. The smallest absolute Gasteiger partial charge is 0.412 e. The second-order valence-corrected chi connectivity index (χ2v) is 5.23. The van der Waals surface area contributed by atoms with Crippen LogP contribution in [0.15, 0.2) is 0 Å². The maximum Gasteiger partial charge on any atom is 0.412 e. The van der Waals surface area contributed by atoms with Gasteiger partial charge in [-0.2, -0.15) is 0 Å². The summed E-state index contributed by atoms with van der Waals surface area (Å²) in [6, 6.07) is 0. The Morgan fingerprint density at radius 2 is 2.00 bits per heavy atom. The van der Waals surface area contributed by atoms with E-state index in [1.165, 1.54) is 13.6 Å². The Morgan fingerprint density at radius 1 is 1.35 bits per heavy atom. The molecule has 0 aromatic carbocycles. The van der Waals surface area contributed by atoms with Crippen LogP contribution in [0.1, 0.15) is 33.1 Å². The highest BCUT2D eigenvalue weighted by molar-refractivity contribution is 7.38. The predicted molar refractivity (Wildman–Crippen MR) is 70.5 cm³/mol. The summed E-state index contributed by atoms with van der Waals surface area (Å²) in [5.74, 6) is -0.494. The molecule has 0 saturated heterocycles. The van der Waals surface area contributed by atoms with Crippen molar-refractivity contribution in [2.45, 2.75) is 45.7 Å². The molecule has 0 aliphatic rings. The van der Waals surface area contributed by atoms with Gasteiger partial charge in [0.05, 0.1) is 6.61 Å². The van der Waals surface area contributed by atoms with Gasteiger partial charge < -0.3 is 14.0 Å². The minimum atomic E-state index is -2.11. The summed E-state index contributed by atoms with van der Waals surface area (Å²) in [4.78, 5) is 22.4. The Balaban J connectivity index is 3.85. The van der Waals surface area contributed by atoms with E-state index in [-0.39, 0.29) is 19.4 Å². The van der Waals surface area contributed by atoms with Crippen LogP contribution in [0.4, 0.5) is 9.18 Å². The molecule has 20 heavy (non-hydrogen) atoms. The Morgan fingerprint density at radius 3 is 2.55 bits per heavy atom. The van der Waals surface area contributed by atoms with E-state index in [1.54, 1.807) is 6.92 Å². The number of alkyl halides is 1. The molecule has 0 aliphatic carbocycles. The fraction of sp³-hybridized carbons (Fsp3) is 0.818. The first kappa shape index (κ1) is 18.9. The lowest BCUT2D eigenvalue weighted by Crippen LogP contribution is -2.35. The molecule has 0 aliphatic heterocycles. The molecule has 0 bridgehead atoms. The molecule has 0 aromatic heterocycles. The third-order valence-electron chi connectivity index (χ3n) is 1.98. The zero-order chi connectivity index (χ0) is 15.5. The first-order valence-corrected chi connectivity index (χ1v) is 8.10. The topological polar surface area (TPSA) is 90.9 Å². The number of hydrogen-bond donors (Lipinski definition) is 1. The van der Waals surface area contributed by atoms with Crippen molar-refractivity contribution < 1.29 is 32.5 Å². The highest BCUT2D eigenvalue weighted by Gasteiger charge is 2.16. The van der Waals surface area contributed by atoms with Crippen LogP contribution in [-0.4, -0.2) is 37.9 Å². The Labute approximate surface area is 118 Å². The largest absolute Gasteiger partial charge is 0.425 e. The van der Waals surface area contributed by atoms with Crippen molar-refractivity contribution in [3.05, 3.63) is 0 Å². The first-order valence-electron chi connectivity index (χ1n) is 6.29. The molecule has 9 heteroatoms. The number of carbonyl (C=O) groups is 2. The van der Waals surface area contributed by atoms with E-state index < -0.39 is 32.7 Å². The van der Waals surface area contributed by atoms with Crippen LogP contribution in [0, 0.1) is 0 Å². The van der Waals surface area contributed by atoms with Gasteiger partial charge in [0.25, 0.3) is 0 Å². The lowest BCUT2D eigenvalue weighted by atomic mass is 10.3. The number of nitrogens with one attached hydrogen (secondary N) is 1. The molecule has 1 amide bonds. The van der Waals surface area contributed by atoms with Crippen molar-refractivity contribution in [1.82, 2.24) is 5.32 Å². The van der Waals surface area contributed by atoms with Gasteiger partial charge in [0.15, 0.2) is 14.3 Å². The maximum atomic E-state index is 13.2. The van der Waals surface area contributed by atoms with Crippen molar-refractivity contribution in [2.24, 2.45) is 0 Å². The summed E-state index contributed by atoms with van der Waals surface area (Å²) >= 11 is 0. The van der Waals surface area contributed by atoms with Crippen LogP contribution < -0.4 is 5.32 Å². The Bertz CT molecular complexity index is 341. The van der Waals surface area contributed by atoms with Gasteiger partial charge in [0.1, 0.15) is 0 Å². The van der Waals surface area contributed by atoms with E-state index in [2.05, 4.69) is 4.74 Å². The lowest BCUT2D eigenvalue weighted by Gasteiger charge is -2.16. The van der Waals surface area contributed by atoms with Gasteiger partial charge in [-0.05, 0) is 6.42 Å². The summed E-state index contributed by atoms with van der Waals surface area (Å²) in [5, 5.41) is 1.90. The number of hydrogen-bond acceptors (Lipinski definition) is 6. The van der Waals surface area contributed by atoms with E-state index in [9.17, 15) is 18.5 Å². The molecular weight excluding hydrogens is 292 g/mol. The van der Waals surface area contributed by atoms with Gasteiger partial charge in [0, 0.05) is 26.4 Å². The van der Waals surface area contributed by atoms with E-state index in [4.69, 9.17) is 9.26 Å². The molecular formula is C11H21FNO6P. The molecule has 7 nitrogen and oxygen atoms in total. The average Bonchev–Trinajstić information content (AvgIpc) is 2.27. The van der Waals surface area contributed by atoms with Crippen molar-refractivity contribution in [3.8, 4) is 0 Å². The van der Waals surface area contributed by atoms with Crippen LogP contribution in [-0.2, 0) is 23.4 Å². The van der Waals surface area contributed by atoms with Crippen LogP contribution in [0.3, 0.4) is 0 Å². The molecule has 3 atom stereocenters. The summed E-state index contributed by atoms with van der Waals surface area (Å²) in [5.41, 5.74) is 0. The van der Waals surface area contributed by atoms with Gasteiger partial charge in [0.2, 0.25) is 6.29 Å². The zero-order valence-corrected chi connectivity index (χ0v) is 12.8. The molecule has 0 spiro atoms. The SMILES string of the molecule is CCCC(=O)OC(C)OC(=O)NC(F)CCO[PH](C)=O. The highest BCUT2D eigenvalue weighted by atomic mass is 31.1. The zero-order valence-electron chi connectivity index (χ0n) is 11.8. The first-order chi connectivity index (χ1) is 9.35. The molecule has 0 saturated carbocycles. The van der Waals surface area contributed by atoms with Gasteiger partial charge in [-0.25, -0.2) is 9.18 Å². The van der Waals surface area contributed by atoms with Crippen molar-refractivity contribution in [1.29, 1.82) is 0 Å². The number of rotatable bonds is 9. The number of amides is 1. The second-order valence-electron chi connectivity index (χ2n) is 3.95. The molecule has 0 rings (SSSR count). The van der Waals surface area contributed by atoms with E-state index in [0.29, 0.717) is 6.42 Å². The summed E-state index contributed by atoms with van der Waals surface area (Å²) in [7, 11) is -2.11. The third-order valence-corrected chi connectivity index (χ3v) is 2.59. The molecule has 0 radical (unpaired) electrons. The van der Waals surface area contributed by atoms with Crippen LogP contribution in [0.25, 0.3) is 0 Å². The van der Waals surface area contributed by atoms with Gasteiger partial charge in [-0.1, -0.05) is 6.92 Å². The highest BCUT2D eigenvalue weighted by Crippen LogP contribution is 2.15. The molecule has 0 fully saturated rings. The number of ether oxygens (including phenoxy) is 2. The third kappa shape index (κ3) is 10.8. The fourth-order valence-electron chi connectivity index (χ4n) is 1.16. The predicted octanol–water partition coefficient (Wildman–Crippen LogP) is 2.21. The summed E-state index contributed by atoms with van der Waals surface area (Å²) in [6.45, 7) is 4.47. The minimum absolute atomic E-state index is 0.0726. The monoisotopic (exact) mass is 313 g/mol. The van der Waals surface area contributed by atoms with E-state index in [0.717, 1.165) is 0 Å². The Kier molecular flexibility index (Phi) is 10.0. The summed E-state index contributed by atoms with van der Waals surface area (Å²) < 4.78 is 38.0. The number of alkyl carbamates (subject to hydrolysis) is 1. The standard InChI is InChI=1S/C11H21FNO6P/c1-4-5-10(14)18-8(2)19-11(15)13-9(12)6-7-17-20(3)16/h8-9,20H,4-7H2,1-3H3,(H,13,15). The summed E-state index contributed by atoms with van der Waals surface area (Å²) in [6.07, 6.45) is -3.14. The maximum absolute atomic E-state index is 13.2. The van der Waals surface area contributed by atoms with Crippen LogP contribution >= 0.6 is 8.03 Å². The van der Waals surface area contributed by atoms with Gasteiger partial charge >= 0.3 is 12.1 Å². The fourth-order valence-corrected chi connectivity index (χ4v) is 1.57. The van der Waals surface area contributed by atoms with Crippen molar-refractivity contribution in [3.63, 3.8) is 0 Å². The van der Waals surface area contributed by atoms with Crippen LogP contribution in [0.2, 0.25) is 0 Å². The second kappa shape index (κ2) is 10.6. The van der Waals surface area contributed by atoms with E-state index in [1.807, 2.05) is 5.32 Å². The van der Waals surface area contributed by atoms with E-state index >= 15 is 0 Å². The van der Waals surface area contributed by atoms with Gasteiger partial charge in [-0.15, -0.1) is 0 Å². The van der Waals surface area contributed by atoms with Gasteiger partial charge in [-0.3, -0.25) is 14.7 Å². The molecule has 3 unspecified atom stereocenters. The molecule has 1 N–H and O–H groups in total. The average molecular weight is 313 g/mol. The normalized spacial score (nSPS) is 15.0. The quantitative estimate of drug-likeness (QED) is 0.304.